The highest BCUT2D eigenvalue weighted by molar-refractivity contribution is 5.96. The Labute approximate surface area is 176 Å². The van der Waals surface area contributed by atoms with Crippen molar-refractivity contribution in [3.05, 3.63) is 59.2 Å². The summed E-state index contributed by atoms with van der Waals surface area (Å²) < 4.78 is 0. The van der Waals surface area contributed by atoms with Gasteiger partial charge in [0.15, 0.2) is 0 Å². The molecule has 7 heteroatoms. The number of carbonyl (C=O) groups excluding carboxylic acids is 2. The van der Waals surface area contributed by atoms with Crippen LogP contribution in [0.3, 0.4) is 0 Å². The van der Waals surface area contributed by atoms with Crippen molar-refractivity contribution in [2.24, 2.45) is 0 Å². The average molecular weight is 412 g/mol. The zero-order chi connectivity index (χ0) is 21.9. The molecule has 0 aliphatic carbocycles. The maximum Gasteiger partial charge on any atom is 0.303 e. The van der Waals surface area contributed by atoms with E-state index in [0.29, 0.717) is 24.2 Å². The molecule has 0 unspecified atom stereocenters. The summed E-state index contributed by atoms with van der Waals surface area (Å²) in [5, 5.41) is 17.3. The summed E-state index contributed by atoms with van der Waals surface area (Å²) in [6, 6.07) is 12.6. The second-order valence-electron chi connectivity index (χ2n) is 7.24. The maximum atomic E-state index is 12.1. The van der Waals surface area contributed by atoms with Crippen molar-refractivity contribution in [1.29, 1.82) is 0 Å². The monoisotopic (exact) mass is 411 g/mol. The van der Waals surface area contributed by atoms with Crippen molar-refractivity contribution >= 4 is 29.2 Å². The number of hydrogen-bond donors (Lipinski definition) is 4. The van der Waals surface area contributed by atoms with Gasteiger partial charge < -0.3 is 21.1 Å². The largest absolute Gasteiger partial charge is 0.481 e. The lowest BCUT2D eigenvalue weighted by Gasteiger charge is -2.10. The van der Waals surface area contributed by atoms with E-state index in [0.717, 1.165) is 24.1 Å². The third kappa shape index (κ3) is 7.95. The number of carboxylic acids is 1. The van der Waals surface area contributed by atoms with Crippen LogP contribution in [-0.2, 0) is 9.59 Å². The highest BCUT2D eigenvalue weighted by Gasteiger charge is 2.07. The lowest BCUT2D eigenvalue weighted by atomic mass is 10.1. The predicted molar refractivity (Wildman–Crippen MR) is 118 cm³/mol. The molecule has 0 radical (unpaired) electrons. The van der Waals surface area contributed by atoms with Crippen molar-refractivity contribution in [2.45, 2.75) is 39.5 Å². The van der Waals surface area contributed by atoms with Crippen molar-refractivity contribution in [3.8, 4) is 0 Å². The van der Waals surface area contributed by atoms with E-state index in [2.05, 4.69) is 16.0 Å². The third-order valence-corrected chi connectivity index (χ3v) is 4.74. The van der Waals surface area contributed by atoms with Crippen LogP contribution in [0, 0.1) is 13.8 Å². The fraction of sp³-hybridized carbons (Fsp3) is 0.348. The van der Waals surface area contributed by atoms with Crippen LogP contribution in [-0.4, -0.2) is 36.0 Å². The number of aryl methyl sites for hydroxylation is 2. The SMILES string of the molecule is Cc1ccc(NCC(=O)Nc2ccc(C(=O)NCCCCCC(=O)O)cc2)cc1C. The molecule has 0 saturated heterocycles. The van der Waals surface area contributed by atoms with Crippen LogP contribution in [0.1, 0.15) is 47.2 Å². The van der Waals surface area contributed by atoms with Gasteiger partial charge in [-0.3, -0.25) is 14.4 Å². The number of rotatable bonds is 11. The number of hydrogen-bond acceptors (Lipinski definition) is 4. The van der Waals surface area contributed by atoms with Gasteiger partial charge in [-0.05, 0) is 74.2 Å². The Hall–Kier alpha value is -3.35. The van der Waals surface area contributed by atoms with Crippen molar-refractivity contribution in [2.75, 3.05) is 23.7 Å². The molecule has 0 aliphatic heterocycles. The van der Waals surface area contributed by atoms with E-state index in [-0.39, 0.29) is 24.8 Å². The smallest absolute Gasteiger partial charge is 0.303 e. The molecular weight excluding hydrogens is 382 g/mol. The zero-order valence-electron chi connectivity index (χ0n) is 17.5. The first-order chi connectivity index (χ1) is 14.3. The van der Waals surface area contributed by atoms with E-state index < -0.39 is 5.97 Å². The van der Waals surface area contributed by atoms with Crippen LogP contribution < -0.4 is 16.0 Å². The number of unbranched alkanes of at least 4 members (excludes halogenated alkanes) is 2. The molecular formula is C23H29N3O4. The Bertz CT molecular complexity index is 879. The molecule has 4 N–H and O–H groups in total. The molecule has 2 amide bonds. The molecule has 7 nitrogen and oxygen atoms in total. The van der Waals surface area contributed by atoms with Gasteiger partial charge in [-0.1, -0.05) is 12.5 Å². The second kappa shape index (κ2) is 11.6. The van der Waals surface area contributed by atoms with Crippen LogP contribution in [0.5, 0.6) is 0 Å². The molecule has 0 aliphatic rings. The molecule has 0 heterocycles. The quantitative estimate of drug-likeness (QED) is 0.422. The number of aliphatic carboxylic acids is 1. The van der Waals surface area contributed by atoms with Gasteiger partial charge >= 0.3 is 5.97 Å². The Kier molecular flexibility index (Phi) is 8.87. The van der Waals surface area contributed by atoms with Crippen LogP contribution in [0.15, 0.2) is 42.5 Å². The molecule has 0 spiro atoms. The summed E-state index contributed by atoms with van der Waals surface area (Å²) in [6.45, 7) is 4.71. The van der Waals surface area contributed by atoms with Crippen LogP contribution >= 0.6 is 0 Å². The van der Waals surface area contributed by atoms with E-state index >= 15 is 0 Å². The predicted octanol–water partition coefficient (Wildman–Crippen LogP) is 3.73. The number of benzene rings is 2. The third-order valence-electron chi connectivity index (χ3n) is 4.74. The van der Waals surface area contributed by atoms with Crippen LogP contribution in [0.4, 0.5) is 11.4 Å². The lowest BCUT2D eigenvalue weighted by molar-refractivity contribution is -0.137. The van der Waals surface area contributed by atoms with Gasteiger partial charge in [0.05, 0.1) is 6.54 Å². The van der Waals surface area contributed by atoms with Gasteiger partial charge in [0, 0.05) is 29.9 Å². The van der Waals surface area contributed by atoms with Gasteiger partial charge in [0.25, 0.3) is 5.91 Å². The number of carboxylic acid groups (broad SMARTS) is 1. The van der Waals surface area contributed by atoms with Gasteiger partial charge in [0.2, 0.25) is 5.91 Å². The first kappa shape index (κ1) is 22.9. The molecule has 30 heavy (non-hydrogen) atoms. The fourth-order valence-corrected chi connectivity index (χ4v) is 2.83. The van der Waals surface area contributed by atoms with Crippen molar-refractivity contribution < 1.29 is 19.5 Å². The molecule has 0 bridgehead atoms. The summed E-state index contributed by atoms with van der Waals surface area (Å²) in [5.74, 6) is -1.17. The highest BCUT2D eigenvalue weighted by Crippen LogP contribution is 2.14. The summed E-state index contributed by atoms with van der Waals surface area (Å²) in [7, 11) is 0. The van der Waals surface area contributed by atoms with Gasteiger partial charge in [-0.25, -0.2) is 0 Å². The lowest BCUT2D eigenvalue weighted by Crippen LogP contribution is -2.24. The van der Waals surface area contributed by atoms with Gasteiger partial charge in [-0.2, -0.15) is 0 Å². The minimum absolute atomic E-state index is 0.145. The van der Waals surface area contributed by atoms with E-state index in [4.69, 9.17) is 5.11 Å². The average Bonchev–Trinajstić information content (AvgIpc) is 2.71. The summed E-state index contributed by atoms with van der Waals surface area (Å²) in [4.78, 5) is 34.7. The first-order valence-corrected chi connectivity index (χ1v) is 10.1. The topological polar surface area (TPSA) is 108 Å². The van der Waals surface area contributed by atoms with Crippen molar-refractivity contribution in [1.82, 2.24) is 5.32 Å². The number of nitrogens with one attached hydrogen (secondary N) is 3. The highest BCUT2D eigenvalue weighted by atomic mass is 16.4. The standard InChI is InChI=1S/C23H29N3O4/c1-16-7-10-20(14-17(16)2)25-15-21(27)26-19-11-8-18(9-12-19)23(30)24-13-5-3-4-6-22(28)29/h7-12,14,25H,3-6,13,15H2,1-2H3,(H,24,30)(H,26,27)(H,28,29). The Morgan fingerprint density at radius 3 is 2.23 bits per heavy atom. The second-order valence-corrected chi connectivity index (χ2v) is 7.24. The zero-order valence-corrected chi connectivity index (χ0v) is 17.5. The summed E-state index contributed by atoms with van der Waals surface area (Å²) in [6.07, 6.45) is 2.26. The molecule has 0 aromatic heterocycles. The number of amides is 2. The minimum atomic E-state index is -0.799. The molecule has 2 rings (SSSR count). The fourth-order valence-electron chi connectivity index (χ4n) is 2.83. The normalized spacial score (nSPS) is 10.3. The minimum Gasteiger partial charge on any atom is -0.481 e. The van der Waals surface area contributed by atoms with Crippen LogP contribution in [0.25, 0.3) is 0 Å². The van der Waals surface area contributed by atoms with E-state index in [1.54, 1.807) is 24.3 Å². The van der Waals surface area contributed by atoms with E-state index in [1.807, 2.05) is 32.0 Å². The van der Waals surface area contributed by atoms with Gasteiger partial charge in [0.1, 0.15) is 0 Å². The molecule has 0 atom stereocenters. The summed E-state index contributed by atoms with van der Waals surface area (Å²) in [5.41, 5.74) is 4.38. The number of carbonyl (C=O) groups is 3. The molecule has 0 saturated carbocycles. The molecule has 0 fully saturated rings. The molecule has 160 valence electrons. The van der Waals surface area contributed by atoms with Crippen LogP contribution in [0.2, 0.25) is 0 Å². The first-order valence-electron chi connectivity index (χ1n) is 10.1. The Morgan fingerprint density at radius 2 is 1.57 bits per heavy atom. The Morgan fingerprint density at radius 1 is 0.867 bits per heavy atom. The molecule has 2 aromatic carbocycles. The summed E-state index contributed by atoms with van der Waals surface area (Å²) >= 11 is 0. The molecule has 2 aromatic rings. The van der Waals surface area contributed by atoms with E-state index in [9.17, 15) is 14.4 Å². The van der Waals surface area contributed by atoms with E-state index in [1.165, 1.54) is 5.56 Å². The van der Waals surface area contributed by atoms with Gasteiger partial charge in [-0.15, -0.1) is 0 Å². The number of anilines is 2. The maximum absolute atomic E-state index is 12.1. The Balaban J connectivity index is 1.72. The van der Waals surface area contributed by atoms with Crippen molar-refractivity contribution in [3.63, 3.8) is 0 Å².